The molecule has 1 aromatic rings. The zero-order chi connectivity index (χ0) is 14.9. The number of nitrogen functional groups attached to an aromatic ring is 1. The molecule has 0 unspecified atom stereocenters. The van der Waals surface area contributed by atoms with Gasteiger partial charge in [0.05, 0.1) is 11.3 Å². The van der Waals surface area contributed by atoms with E-state index in [4.69, 9.17) is 11.5 Å². The van der Waals surface area contributed by atoms with Crippen LogP contribution in [0.3, 0.4) is 0 Å². The fraction of sp³-hybridized carbons (Fsp3) is 0.562. The predicted octanol–water partition coefficient (Wildman–Crippen LogP) is 2.63. The molecule has 1 heterocycles. The van der Waals surface area contributed by atoms with Crippen LogP contribution in [0.15, 0.2) is 18.2 Å². The second kappa shape index (κ2) is 5.35. The number of nitrogens with zero attached hydrogens (tertiary/aromatic N) is 1. The normalized spacial score (nSPS) is 17.2. The highest BCUT2D eigenvalue weighted by Gasteiger charge is 2.29. The third-order valence-electron chi connectivity index (χ3n) is 4.35. The van der Waals surface area contributed by atoms with E-state index in [-0.39, 0.29) is 0 Å². The monoisotopic (exact) mass is 275 g/mol. The Balaban J connectivity index is 2.18. The molecule has 4 heteroatoms. The lowest BCUT2D eigenvalue weighted by Crippen LogP contribution is -2.39. The number of hydrogen-bond acceptors (Lipinski definition) is 3. The molecule has 1 aromatic carbocycles. The van der Waals surface area contributed by atoms with Crippen molar-refractivity contribution in [3.63, 3.8) is 0 Å². The van der Waals surface area contributed by atoms with Crippen molar-refractivity contribution in [2.45, 2.75) is 33.6 Å². The molecule has 0 atom stereocenters. The van der Waals surface area contributed by atoms with E-state index in [0.29, 0.717) is 16.7 Å². The van der Waals surface area contributed by atoms with Crippen molar-refractivity contribution in [1.82, 2.24) is 0 Å². The zero-order valence-corrected chi connectivity index (χ0v) is 12.6. The average molecular weight is 275 g/mol. The Morgan fingerprint density at radius 3 is 2.35 bits per heavy atom. The molecule has 2 rings (SSSR count). The van der Waals surface area contributed by atoms with Gasteiger partial charge in [-0.1, -0.05) is 20.8 Å². The van der Waals surface area contributed by atoms with Crippen LogP contribution in [0, 0.1) is 11.3 Å². The van der Waals surface area contributed by atoms with E-state index in [1.54, 1.807) is 12.1 Å². The molecule has 1 saturated heterocycles. The number of rotatable bonds is 2. The van der Waals surface area contributed by atoms with Gasteiger partial charge in [-0.3, -0.25) is 4.79 Å². The van der Waals surface area contributed by atoms with Crippen LogP contribution in [0.2, 0.25) is 0 Å². The van der Waals surface area contributed by atoms with E-state index in [0.717, 1.165) is 37.5 Å². The Kier molecular flexibility index (Phi) is 3.93. The number of benzene rings is 1. The van der Waals surface area contributed by atoms with E-state index in [9.17, 15) is 4.79 Å². The third-order valence-corrected chi connectivity index (χ3v) is 4.35. The molecular formula is C16H25N3O. The minimum Gasteiger partial charge on any atom is -0.399 e. The van der Waals surface area contributed by atoms with E-state index in [1.807, 2.05) is 6.07 Å². The van der Waals surface area contributed by atoms with Crippen molar-refractivity contribution in [2.24, 2.45) is 17.1 Å². The van der Waals surface area contributed by atoms with Gasteiger partial charge in [-0.05, 0) is 42.4 Å². The summed E-state index contributed by atoms with van der Waals surface area (Å²) in [7, 11) is 0. The Morgan fingerprint density at radius 1 is 1.25 bits per heavy atom. The molecule has 0 aromatic heterocycles. The molecule has 1 fully saturated rings. The topological polar surface area (TPSA) is 72.3 Å². The Morgan fingerprint density at radius 2 is 1.85 bits per heavy atom. The number of nitrogens with two attached hydrogens (primary N) is 2. The van der Waals surface area contributed by atoms with E-state index < -0.39 is 5.91 Å². The average Bonchev–Trinajstić information content (AvgIpc) is 2.37. The maximum atomic E-state index is 11.6. The van der Waals surface area contributed by atoms with Crippen LogP contribution in [0.5, 0.6) is 0 Å². The van der Waals surface area contributed by atoms with Crippen molar-refractivity contribution < 1.29 is 4.79 Å². The van der Waals surface area contributed by atoms with Crippen LogP contribution < -0.4 is 16.4 Å². The molecule has 4 nitrogen and oxygen atoms in total. The van der Waals surface area contributed by atoms with Crippen molar-refractivity contribution in [3.8, 4) is 0 Å². The van der Waals surface area contributed by atoms with Gasteiger partial charge < -0.3 is 16.4 Å². The molecule has 1 aliphatic heterocycles. The summed E-state index contributed by atoms with van der Waals surface area (Å²) < 4.78 is 0. The molecule has 20 heavy (non-hydrogen) atoms. The highest BCUT2D eigenvalue weighted by Crippen LogP contribution is 2.36. The van der Waals surface area contributed by atoms with Gasteiger partial charge in [-0.2, -0.15) is 0 Å². The molecular weight excluding hydrogens is 250 g/mol. The highest BCUT2D eigenvalue weighted by molar-refractivity contribution is 5.99. The summed E-state index contributed by atoms with van der Waals surface area (Å²) >= 11 is 0. The molecule has 0 aliphatic carbocycles. The van der Waals surface area contributed by atoms with Gasteiger partial charge in [0.15, 0.2) is 0 Å². The van der Waals surface area contributed by atoms with Crippen LogP contribution in [0.4, 0.5) is 11.4 Å². The zero-order valence-electron chi connectivity index (χ0n) is 12.6. The largest absolute Gasteiger partial charge is 0.399 e. The maximum absolute atomic E-state index is 11.6. The van der Waals surface area contributed by atoms with Crippen molar-refractivity contribution >= 4 is 17.3 Å². The van der Waals surface area contributed by atoms with Gasteiger partial charge in [0.25, 0.3) is 5.91 Å². The molecule has 4 N–H and O–H groups in total. The van der Waals surface area contributed by atoms with Gasteiger partial charge in [-0.15, -0.1) is 0 Å². The minimum atomic E-state index is -0.391. The molecule has 110 valence electrons. The highest BCUT2D eigenvalue weighted by atomic mass is 16.1. The lowest BCUT2D eigenvalue weighted by molar-refractivity contribution is 0.100. The lowest BCUT2D eigenvalue weighted by atomic mass is 9.75. The van der Waals surface area contributed by atoms with Gasteiger partial charge in [-0.25, -0.2) is 0 Å². The van der Waals surface area contributed by atoms with Crippen LogP contribution in [0.25, 0.3) is 0 Å². The Hall–Kier alpha value is -1.71. The van der Waals surface area contributed by atoms with Crippen molar-refractivity contribution in [2.75, 3.05) is 23.7 Å². The number of hydrogen-bond donors (Lipinski definition) is 2. The van der Waals surface area contributed by atoms with Crippen LogP contribution in [-0.4, -0.2) is 19.0 Å². The van der Waals surface area contributed by atoms with E-state index in [1.165, 1.54) is 0 Å². The van der Waals surface area contributed by atoms with E-state index >= 15 is 0 Å². The first-order valence-electron chi connectivity index (χ1n) is 7.23. The molecule has 1 aliphatic rings. The third kappa shape index (κ3) is 3.06. The molecule has 0 radical (unpaired) electrons. The second-order valence-electron chi connectivity index (χ2n) is 6.77. The van der Waals surface area contributed by atoms with Crippen molar-refractivity contribution in [3.05, 3.63) is 23.8 Å². The fourth-order valence-electron chi connectivity index (χ4n) is 3.01. The molecule has 0 spiro atoms. The van der Waals surface area contributed by atoms with Crippen LogP contribution in [-0.2, 0) is 0 Å². The van der Waals surface area contributed by atoms with Gasteiger partial charge >= 0.3 is 0 Å². The van der Waals surface area contributed by atoms with E-state index in [2.05, 4.69) is 25.7 Å². The molecule has 0 bridgehead atoms. The second-order valence-corrected chi connectivity index (χ2v) is 6.77. The van der Waals surface area contributed by atoms with Crippen LogP contribution >= 0.6 is 0 Å². The van der Waals surface area contributed by atoms with Gasteiger partial charge in [0.2, 0.25) is 0 Å². The number of primary amides is 1. The smallest absolute Gasteiger partial charge is 0.250 e. The van der Waals surface area contributed by atoms with Gasteiger partial charge in [0.1, 0.15) is 0 Å². The number of carbonyl (C=O) groups is 1. The first kappa shape index (κ1) is 14.7. The summed E-state index contributed by atoms with van der Waals surface area (Å²) in [6.45, 7) is 8.78. The first-order valence-corrected chi connectivity index (χ1v) is 7.23. The minimum absolute atomic E-state index is 0.342. The van der Waals surface area contributed by atoms with Gasteiger partial charge in [0, 0.05) is 18.8 Å². The summed E-state index contributed by atoms with van der Waals surface area (Å²) in [5, 5.41) is 0. The standard InChI is InChI=1S/C16H25N3O/c1-16(2,3)11-6-8-19(9-7-11)14-10-12(17)4-5-13(14)15(18)20/h4-5,10-11H,6-9,17H2,1-3H3,(H2,18,20). The lowest BCUT2D eigenvalue weighted by Gasteiger charge is -2.40. The first-order chi connectivity index (χ1) is 9.29. The Bertz CT molecular complexity index is 497. The van der Waals surface area contributed by atoms with Crippen LogP contribution in [0.1, 0.15) is 44.0 Å². The number of piperidine rings is 1. The SMILES string of the molecule is CC(C)(C)C1CCN(c2cc(N)ccc2C(N)=O)CC1. The summed E-state index contributed by atoms with van der Waals surface area (Å²) in [6.07, 6.45) is 2.27. The Labute approximate surface area is 121 Å². The maximum Gasteiger partial charge on any atom is 0.250 e. The fourth-order valence-corrected chi connectivity index (χ4v) is 3.01. The van der Waals surface area contributed by atoms with Crippen molar-refractivity contribution in [1.29, 1.82) is 0 Å². The number of anilines is 2. The summed E-state index contributed by atoms with van der Waals surface area (Å²) in [5.41, 5.74) is 13.8. The number of carbonyl (C=O) groups excluding carboxylic acids is 1. The summed E-state index contributed by atoms with van der Waals surface area (Å²) in [5.74, 6) is 0.329. The predicted molar refractivity (Wildman–Crippen MR) is 83.8 cm³/mol. The summed E-state index contributed by atoms with van der Waals surface area (Å²) in [6, 6.07) is 5.31. The summed E-state index contributed by atoms with van der Waals surface area (Å²) in [4.78, 5) is 13.8. The molecule has 1 amide bonds. The molecule has 0 saturated carbocycles. The quantitative estimate of drug-likeness (QED) is 0.815. The number of amides is 1.